The molecule has 0 aliphatic carbocycles. The molecule has 6 unspecified atom stereocenters. The largest absolute Gasteiger partial charge is 0.480 e. The Hall–Kier alpha value is -2.93. The Kier molecular flexibility index (Phi) is 12.3. The first kappa shape index (κ1) is 29.1. The van der Waals surface area contributed by atoms with Gasteiger partial charge in [0.2, 0.25) is 17.7 Å². The van der Waals surface area contributed by atoms with Crippen LogP contribution in [0.2, 0.25) is 0 Å². The number of carboxylic acids is 1. The zero-order valence-electron chi connectivity index (χ0n) is 20.0. The number of nitrogens with two attached hydrogens (primary N) is 2. The van der Waals surface area contributed by atoms with E-state index in [1.807, 2.05) is 0 Å². The highest BCUT2D eigenvalue weighted by Gasteiger charge is 2.34. The quantitative estimate of drug-likeness (QED) is 0.0755. The van der Waals surface area contributed by atoms with E-state index < -0.39 is 48.1 Å². The third-order valence-electron chi connectivity index (χ3n) is 5.79. The number of guanidine groups is 1. The molecule has 0 aromatic carbocycles. The number of carbonyl (C=O) groups is 4. The average Bonchev–Trinajstić information content (AvgIpc) is 3.31. The maximum absolute atomic E-state index is 13.0. The first-order valence-electron chi connectivity index (χ1n) is 11.6. The molecule has 3 amide bonds. The first-order valence-corrected chi connectivity index (χ1v) is 11.6. The van der Waals surface area contributed by atoms with Crippen LogP contribution in [-0.2, 0) is 19.2 Å². The first-order chi connectivity index (χ1) is 16.0. The Morgan fingerprint density at radius 1 is 1.09 bits per heavy atom. The fraction of sp³-hybridized carbons (Fsp3) is 0.762. The summed E-state index contributed by atoms with van der Waals surface area (Å²) in [6.45, 7) is 5.70. The number of carbonyl (C=O) groups excluding carboxylic acids is 3. The highest BCUT2D eigenvalue weighted by atomic mass is 16.4. The van der Waals surface area contributed by atoms with Crippen molar-refractivity contribution in [2.24, 2.45) is 22.4 Å². The molecule has 0 spiro atoms. The number of nitrogens with one attached hydrogen (secondary N) is 4. The molecule has 1 aliphatic heterocycles. The van der Waals surface area contributed by atoms with Gasteiger partial charge in [-0.15, -0.1) is 0 Å². The van der Waals surface area contributed by atoms with E-state index in [1.54, 1.807) is 13.8 Å². The molecule has 1 aliphatic rings. The molecular weight excluding hydrogens is 446 g/mol. The average molecular weight is 486 g/mol. The number of amides is 3. The van der Waals surface area contributed by atoms with Gasteiger partial charge in [-0.25, -0.2) is 4.79 Å². The summed E-state index contributed by atoms with van der Waals surface area (Å²) in [6, 6.07) is -4.03. The maximum Gasteiger partial charge on any atom is 0.326 e. The Balaban J connectivity index is 2.93. The predicted octanol–water partition coefficient (Wildman–Crippen LogP) is -2.24. The Bertz CT molecular complexity index is 735. The van der Waals surface area contributed by atoms with Gasteiger partial charge < -0.3 is 42.9 Å². The molecule has 1 saturated heterocycles. The summed E-state index contributed by atoms with van der Waals surface area (Å²) < 4.78 is 0. The number of aliphatic imine (C=N–C) groups is 1. The molecule has 0 aromatic rings. The lowest BCUT2D eigenvalue weighted by Crippen LogP contribution is -2.60. The number of rotatable bonds is 14. The third-order valence-corrected chi connectivity index (χ3v) is 5.79. The monoisotopic (exact) mass is 485 g/mol. The van der Waals surface area contributed by atoms with Gasteiger partial charge in [0.1, 0.15) is 18.1 Å². The highest BCUT2D eigenvalue weighted by Crippen LogP contribution is 2.10. The zero-order chi connectivity index (χ0) is 25.8. The van der Waals surface area contributed by atoms with E-state index in [-0.39, 0.29) is 30.8 Å². The van der Waals surface area contributed by atoms with Crippen LogP contribution in [0.25, 0.3) is 0 Å². The summed E-state index contributed by atoms with van der Waals surface area (Å²) in [5.41, 5.74) is 10.6. The van der Waals surface area contributed by atoms with Gasteiger partial charge >= 0.3 is 5.97 Å². The fourth-order valence-corrected chi connectivity index (χ4v) is 3.54. The number of hydrogen-bond donors (Lipinski definition) is 8. The van der Waals surface area contributed by atoms with Crippen LogP contribution in [-0.4, -0.2) is 83.2 Å². The van der Waals surface area contributed by atoms with Gasteiger partial charge in [-0.3, -0.25) is 19.4 Å². The molecule has 0 radical (unpaired) electrons. The van der Waals surface area contributed by atoms with Crippen molar-refractivity contribution in [1.29, 1.82) is 0 Å². The SMILES string of the molecule is CCC(C)C(NC(=O)C(NC(=O)C(CCCN=C(N)N)NC(=O)C1CCCN1)C(C)O)C(=O)O. The van der Waals surface area contributed by atoms with Crippen molar-refractivity contribution in [3.8, 4) is 0 Å². The summed E-state index contributed by atoms with van der Waals surface area (Å²) in [5, 5.41) is 30.1. The topological polar surface area (TPSA) is 221 Å². The van der Waals surface area contributed by atoms with Crippen LogP contribution >= 0.6 is 0 Å². The summed E-state index contributed by atoms with van der Waals surface area (Å²) >= 11 is 0. The third kappa shape index (κ3) is 9.51. The van der Waals surface area contributed by atoms with E-state index in [1.165, 1.54) is 6.92 Å². The molecule has 0 saturated carbocycles. The minimum Gasteiger partial charge on any atom is -0.480 e. The molecule has 34 heavy (non-hydrogen) atoms. The fourth-order valence-electron chi connectivity index (χ4n) is 3.54. The van der Waals surface area contributed by atoms with Crippen molar-refractivity contribution >= 4 is 29.7 Å². The van der Waals surface area contributed by atoms with E-state index in [4.69, 9.17) is 11.5 Å². The number of carboxylic acid groups (broad SMARTS) is 1. The molecule has 1 heterocycles. The Morgan fingerprint density at radius 2 is 1.74 bits per heavy atom. The van der Waals surface area contributed by atoms with Crippen LogP contribution in [0.4, 0.5) is 0 Å². The molecular formula is C21H39N7O6. The molecule has 194 valence electrons. The van der Waals surface area contributed by atoms with Crippen molar-refractivity contribution in [2.45, 2.75) is 83.1 Å². The molecule has 1 rings (SSSR count). The summed E-state index contributed by atoms with van der Waals surface area (Å²) in [5.74, 6) is -3.55. The Labute approximate surface area is 199 Å². The van der Waals surface area contributed by atoms with Gasteiger partial charge in [0.15, 0.2) is 5.96 Å². The summed E-state index contributed by atoms with van der Waals surface area (Å²) in [4.78, 5) is 53.7. The van der Waals surface area contributed by atoms with Crippen LogP contribution in [0.1, 0.15) is 52.9 Å². The smallest absolute Gasteiger partial charge is 0.326 e. The highest BCUT2D eigenvalue weighted by molar-refractivity contribution is 5.94. The predicted molar refractivity (Wildman–Crippen MR) is 125 cm³/mol. The maximum atomic E-state index is 13.0. The van der Waals surface area contributed by atoms with Gasteiger partial charge in [-0.05, 0) is 45.1 Å². The van der Waals surface area contributed by atoms with E-state index in [2.05, 4.69) is 26.3 Å². The zero-order valence-corrected chi connectivity index (χ0v) is 20.0. The van der Waals surface area contributed by atoms with Crippen LogP contribution in [0.5, 0.6) is 0 Å². The van der Waals surface area contributed by atoms with Gasteiger partial charge in [-0.1, -0.05) is 20.3 Å². The standard InChI is InChI=1S/C21H39N7O6/c1-4-11(2)15(20(33)34)27-19(32)16(12(3)29)28-18(31)14(8-6-10-25-21(22)23)26-17(30)13-7-5-9-24-13/h11-16,24,29H,4-10H2,1-3H3,(H,26,30)(H,27,32)(H,28,31)(H,33,34)(H4,22,23,25). The van der Waals surface area contributed by atoms with Crippen LogP contribution in [0, 0.1) is 5.92 Å². The second-order valence-electron chi connectivity index (χ2n) is 8.60. The van der Waals surface area contributed by atoms with E-state index >= 15 is 0 Å². The molecule has 13 heteroatoms. The lowest BCUT2D eigenvalue weighted by Gasteiger charge is -2.27. The minimum absolute atomic E-state index is 0.0969. The van der Waals surface area contributed by atoms with Crippen LogP contribution in [0.15, 0.2) is 4.99 Å². The summed E-state index contributed by atoms with van der Waals surface area (Å²) in [6.07, 6.45) is 1.21. The number of aliphatic hydroxyl groups excluding tert-OH is 1. The lowest BCUT2D eigenvalue weighted by molar-refractivity contribution is -0.144. The molecule has 6 atom stereocenters. The van der Waals surface area contributed by atoms with E-state index in [0.29, 0.717) is 25.8 Å². The summed E-state index contributed by atoms with van der Waals surface area (Å²) in [7, 11) is 0. The molecule has 0 aromatic heterocycles. The number of aliphatic hydroxyl groups is 1. The van der Waals surface area contributed by atoms with Gasteiger partial charge in [0.05, 0.1) is 12.1 Å². The van der Waals surface area contributed by atoms with E-state index in [0.717, 1.165) is 6.42 Å². The van der Waals surface area contributed by atoms with Gasteiger partial charge in [0.25, 0.3) is 0 Å². The molecule has 10 N–H and O–H groups in total. The molecule has 13 nitrogen and oxygen atoms in total. The Morgan fingerprint density at radius 3 is 2.24 bits per heavy atom. The number of aliphatic carboxylic acids is 1. The van der Waals surface area contributed by atoms with Crippen molar-refractivity contribution in [3.05, 3.63) is 0 Å². The van der Waals surface area contributed by atoms with Crippen LogP contribution < -0.4 is 32.7 Å². The van der Waals surface area contributed by atoms with Crippen LogP contribution in [0.3, 0.4) is 0 Å². The van der Waals surface area contributed by atoms with Crippen molar-refractivity contribution in [2.75, 3.05) is 13.1 Å². The van der Waals surface area contributed by atoms with Gasteiger partial charge in [-0.2, -0.15) is 0 Å². The van der Waals surface area contributed by atoms with Crippen molar-refractivity contribution in [3.63, 3.8) is 0 Å². The van der Waals surface area contributed by atoms with E-state index in [9.17, 15) is 29.4 Å². The second kappa shape index (κ2) is 14.4. The van der Waals surface area contributed by atoms with Gasteiger partial charge in [0, 0.05) is 6.54 Å². The molecule has 1 fully saturated rings. The minimum atomic E-state index is -1.42. The normalized spacial score (nSPS) is 19.7. The number of nitrogens with zero attached hydrogens (tertiary/aromatic N) is 1. The lowest BCUT2D eigenvalue weighted by atomic mass is 9.98. The number of hydrogen-bond acceptors (Lipinski definition) is 7. The second-order valence-corrected chi connectivity index (χ2v) is 8.60. The van der Waals surface area contributed by atoms with Crippen molar-refractivity contribution in [1.82, 2.24) is 21.3 Å². The van der Waals surface area contributed by atoms with Crippen molar-refractivity contribution < 1.29 is 29.4 Å². The molecule has 0 bridgehead atoms.